The van der Waals surface area contributed by atoms with Crippen LogP contribution in [0.4, 0.5) is 0 Å². The highest BCUT2D eigenvalue weighted by Crippen LogP contribution is 2.23. The lowest BCUT2D eigenvalue weighted by molar-refractivity contribution is 0.0933. The lowest BCUT2D eigenvalue weighted by Gasteiger charge is -2.24. The fourth-order valence-electron chi connectivity index (χ4n) is 1.70. The van der Waals surface area contributed by atoms with Gasteiger partial charge in [0.2, 0.25) is 0 Å². The molecule has 0 saturated carbocycles. The number of hydrogen-bond donors (Lipinski definition) is 2. The summed E-state index contributed by atoms with van der Waals surface area (Å²) < 4.78 is 0. The van der Waals surface area contributed by atoms with Gasteiger partial charge < -0.3 is 10.4 Å². The number of nitrogens with one attached hydrogen (secondary N) is 1. The van der Waals surface area contributed by atoms with E-state index in [1.54, 1.807) is 18.2 Å². The molecule has 3 nitrogen and oxygen atoms in total. The average Bonchev–Trinajstić information content (AvgIpc) is 2.37. The van der Waals surface area contributed by atoms with E-state index in [4.69, 9.17) is 28.3 Å². The van der Waals surface area contributed by atoms with Crippen molar-refractivity contribution in [1.82, 2.24) is 5.32 Å². The normalized spacial score (nSPS) is 11.4. The van der Waals surface area contributed by atoms with Gasteiger partial charge in [0.25, 0.3) is 5.91 Å². The van der Waals surface area contributed by atoms with Crippen LogP contribution in [-0.4, -0.2) is 24.2 Å². The standard InChI is InChI=1S/C14H19Cl2NO2/c1-14(2,6-3-7-18)9-17-13(19)10-4-5-11(15)12(16)8-10/h4-5,8,18H,3,6-7,9H2,1-2H3,(H,17,19). The summed E-state index contributed by atoms with van der Waals surface area (Å²) in [4.78, 5) is 12.0. The zero-order valence-electron chi connectivity index (χ0n) is 11.2. The topological polar surface area (TPSA) is 49.3 Å². The van der Waals surface area contributed by atoms with E-state index < -0.39 is 0 Å². The molecule has 0 radical (unpaired) electrons. The van der Waals surface area contributed by atoms with Crippen molar-refractivity contribution in [1.29, 1.82) is 0 Å². The van der Waals surface area contributed by atoms with Gasteiger partial charge in [-0.05, 0) is 36.5 Å². The van der Waals surface area contributed by atoms with Crippen LogP contribution in [0.1, 0.15) is 37.0 Å². The molecular formula is C14H19Cl2NO2. The number of aliphatic hydroxyl groups is 1. The quantitative estimate of drug-likeness (QED) is 0.845. The molecule has 1 amide bonds. The number of hydrogen-bond acceptors (Lipinski definition) is 2. The largest absolute Gasteiger partial charge is 0.396 e. The maximum absolute atomic E-state index is 12.0. The van der Waals surface area contributed by atoms with Crippen LogP contribution in [0.25, 0.3) is 0 Å². The third-order valence-electron chi connectivity index (χ3n) is 2.92. The van der Waals surface area contributed by atoms with Gasteiger partial charge in [-0.3, -0.25) is 4.79 Å². The Kier molecular flexibility index (Phi) is 6.11. The molecule has 0 atom stereocenters. The maximum Gasteiger partial charge on any atom is 0.251 e. The molecule has 0 saturated heterocycles. The van der Waals surface area contributed by atoms with Crippen molar-refractivity contribution in [2.75, 3.05) is 13.2 Å². The zero-order valence-corrected chi connectivity index (χ0v) is 12.7. The Balaban J connectivity index is 2.57. The molecule has 0 aliphatic heterocycles. The number of amides is 1. The second kappa shape index (κ2) is 7.13. The van der Waals surface area contributed by atoms with Gasteiger partial charge in [0.05, 0.1) is 10.0 Å². The van der Waals surface area contributed by atoms with Crippen molar-refractivity contribution in [3.63, 3.8) is 0 Å². The highest BCUT2D eigenvalue weighted by Gasteiger charge is 2.19. The molecule has 0 heterocycles. The predicted molar refractivity (Wildman–Crippen MR) is 78.9 cm³/mol. The van der Waals surface area contributed by atoms with Crippen molar-refractivity contribution in [2.45, 2.75) is 26.7 Å². The van der Waals surface area contributed by atoms with Crippen LogP contribution in [-0.2, 0) is 0 Å². The summed E-state index contributed by atoms with van der Waals surface area (Å²) in [6.07, 6.45) is 1.58. The Hall–Kier alpha value is -0.770. The Bertz CT molecular complexity index is 447. The smallest absolute Gasteiger partial charge is 0.251 e. The van der Waals surface area contributed by atoms with E-state index in [0.717, 1.165) is 12.8 Å². The van der Waals surface area contributed by atoms with Gasteiger partial charge in [-0.15, -0.1) is 0 Å². The van der Waals surface area contributed by atoms with E-state index in [9.17, 15) is 4.79 Å². The third-order valence-corrected chi connectivity index (χ3v) is 3.66. The van der Waals surface area contributed by atoms with Crippen molar-refractivity contribution in [3.8, 4) is 0 Å². The highest BCUT2D eigenvalue weighted by molar-refractivity contribution is 6.42. The van der Waals surface area contributed by atoms with Crippen LogP contribution in [0, 0.1) is 5.41 Å². The summed E-state index contributed by atoms with van der Waals surface area (Å²) in [6, 6.07) is 4.81. The van der Waals surface area contributed by atoms with Crippen molar-refractivity contribution in [2.24, 2.45) is 5.41 Å². The first-order valence-electron chi connectivity index (χ1n) is 6.20. The molecule has 1 aromatic carbocycles. The Morgan fingerprint density at radius 1 is 1.32 bits per heavy atom. The minimum absolute atomic E-state index is 0.0470. The zero-order chi connectivity index (χ0) is 14.5. The van der Waals surface area contributed by atoms with Gasteiger partial charge in [-0.2, -0.15) is 0 Å². The van der Waals surface area contributed by atoms with Gasteiger partial charge in [0, 0.05) is 18.7 Å². The molecule has 1 rings (SSSR count). The third kappa shape index (κ3) is 5.39. The van der Waals surface area contributed by atoms with E-state index in [-0.39, 0.29) is 17.9 Å². The number of rotatable bonds is 6. The lowest BCUT2D eigenvalue weighted by atomic mass is 9.88. The summed E-state index contributed by atoms with van der Waals surface area (Å²) in [5.74, 6) is -0.171. The second-order valence-corrected chi connectivity index (χ2v) is 6.12. The molecule has 0 spiro atoms. The molecule has 0 aliphatic rings. The van der Waals surface area contributed by atoms with E-state index in [0.29, 0.717) is 22.2 Å². The summed E-state index contributed by atoms with van der Waals surface area (Å²) >= 11 is 11.7. The van der Waals surface area contributed by atoms with Crippen LogP contribution in [0.15, 0.2) is 18.2 Å². The van der Waals surface area contributed by atoms with Crippen molar-refractivity contribution in [3.05, 3.63) is 33.8 Å². The van der Waals surface area contributed by atoms with Gasteiger partial charge >= 0.3 is 0 Å². The average molecular weight is 304 g/mol. The summed E-state index contributed by atoms with van der Waals surface area (Å²) in [6.45, 7) is 4.83. The fourth-order valence-corrected chi connectivity index (χ4v) is 2.00. The van der Waals surface area contributed by atoms with Gasteiger partial charge in [0.15, 0.2) is 0 Å². The van der Waals surface area contributed by atoms with Gasteiger partial charge in [-0.25, -0.2) is 0 Å². The molecular weight excluding hydrogens is 285 g/mol. The molecule has 0 unspecified atom stereocenters. The monoisotopic (exact) mass is 303 g/mol. The van der Waals surface area contributed by atoms with E-state index in [1.165, 1.54) is 0 Å². The Morgan fingerprint density at radius 3 is 2.58 bits per heavy atom. The van der Waals surface area contributed by atoms with Crippen molar-refractivity contribution >= 4 is 29.1 Å². The molecule has 19 heavy (non-hydrogen) atoms. The Labute approximate surface area is 123 Å². The lowest BCUT2D eigenvalue weighted by Crippen LogP contribution is -2.34. The predicted octanol–water partition coefficient (Wildman–Crippen LogP) is 3.52. The van der Waals surface area contributed by atoms with E-state index in [1.807, 2.05) is 0 Å². The minimum Gasteiger partial charge on any atom is -0.396 e. The number of aliphatic hydroxyl groups excluding tert-OH is 1. The van der Waals surface area contributed by atoms with E-state index in [2.05, 4.69) is 19.2 Å². The van der Waals surface area contributed by atoms with Crippen LogP contribution in [0.5, 0.6) is 0 Å². The van der Waals surface area contributed by atoms with Crippen LogP contribution >= 0.6 is 23.2 Å². The molecule has 1 aromatic rings. The molecule has 0 aliphatic carbocycles. The van der Waals surface area contributed by atoms with Crippen LogP contribution in [0.2, 0.25) is 10.0 Å². The number of carbonyl (C=O) groups excluding carboxylic acids is 1. The first-order chi connectivity index (χ1) is 8.85. The highest BCUT2D eigenvalue weighted by atomic mass is 35.5. The van der Waals surface area contributed by atoms with Gasteiger partial charge in [0.1, 0.15) is 0 Å². The summed E-state index contributed by atoms with van der Waals surface area (Å²) in [5, 5.41) is 12.5. The minimum atomic E-state index is -0.171. The maximum atomic E-state index is 12.0. The molecule has 0 fully saturated rings. The number of benzene rings is 1. The van der Waals surface area contributed by atoms with Crippen LogP contribution in [0.3, 0.4) is 0 Å². The fraction of sp³-hybridized carbons (Fsp3) is 0.500. The SMILES string of the molecule is CC(C)(CCCO)CNC(=O)c1ccc(Cl)c(Cl)c1. The number of carbonyl (C=O) groups is 1. The molecule has 0 aromatic heterocycles. The van der Waals surface area contributed by atoms with Crippen LogP contribution < -0.4 is 5.32 Å². The molecule has 0 bridgehead atoms. The van der Waals surface area contributed by atoms with E-state index >= 15 is 0 Å². The molecule has 2 N–H and O–H groups in total. The molecule has 106 valence electrons. The van der Waals surface area contributed by atoms with Gasteiger partial charge in [-0.1, -0.05) is 37.0 Å². The Morgan fingerprint density at radius 2 is 2.00 bits per heavy atom. The first kappa shape index (κ1) is 16.3. The number of halogens is 2. The molecule has 5 heteroatoms. The second-order valence-electron chi connectivity index (χ2n) is 5.30. The first-order valence-corrected chi connectivity index (χ1v) is 6.95. The van der Waals surface area contributed by atoms with Crippen molar-refractivity contribution < 1.29 is 9.90 Å². The summed E-state index contributed by atoms with van der Waals surface area (Å²) in [5.41, 5.74) is 0.446. The summed E-state index contributed by atoms with van der Waals surface area (Å²) in [7, 11) is 0.